The molecule has 4 aliphatic carbocycles. The Morgan fingerprint density at radius 2 is 2.00 bits per heavy atom. The van der Waals surface area contributed by atoms with Crippen LogP contribution in [0.2, 0.25) is 0 Å². The monoisotopic (exact) mass is 542 g/mol. The van der Waals surface area contributed by atoms with Crippen LogP contribution in [0.4, 0.5) is 0 Å². The minimum atomic E-state index is -0.273. The minimum Gasteiger partial charge on any atom is -0.494 e. The molecule has 1 heterocycles. The minimum absolute atomic E-state index is 0.0150. The normalized spacial score (nSPS) is 34.0. The van der Waals surface area contributed by atoms with E-state index in [2.05, 4.69) is 47.7 Å². The second-order valence-corrected chi connectivity index (χ2v) is 13.0. The van der Waals surface area contributed by atoms with Crippen molar-refractivity contribution in [1.82, 2.24) is 9.55 Å². The van der Waals surface area contributed by atoms with E-state index in [1.807, 2.05) is 24.7 Å². The molecule has 1 aromatic carbocycles. The van der Waals surface area contributed by atoms with Gasteiger partial charge in [-0.3, -0.25) is 9.59 Å². The van der Waals surface area contributed by atoms with Crippen LogP contribution in [-0.2, 0) is 20.9 Å². The van der Waals surface area contributed by atoms with Crippen LogP contribution in [0.3, 0.4) is 0 Å². The van der Waals surface area contributed by atoms with E-state index in [0.29, 0.717) is 30.1 Å². The summed E-state index contributed by atoms with van der Waals surface area (Å²) in [7, 11) is 0. The molecule has 0 N–H and O–H groups in total. The molecule has 6 rings (SSSR count). The second kappa shape index (κ2) is 10.7. The predicted molar refractivity (Wildman–Crippen MR) is 154 cm³/mol. The number of nitrogens with zero attached hydrogens (tertiary/aromatic N) is 2. The van der Waals surface area contributed by atoms with Gasteiger partial charge in [0.15, 0.2) is 5.78 Å². The quantitative estimate of drug-likeness (QED) is 0.166. The van der Waals surface area contributed by atoms with Crippen molar-refractivity contribution in [1.29, 1.82) is 0 Å². The number of carbonyl (C=O) groups is 2. The fourth-order valence-corrected chi connectivity index (χ4v) is 8.51. The molecule has 6 nitrogen and oxygen atoms in total. The molecular weight excluding hydrogens is 500 g/mol. The van der Waals surface area contributed by atoms with Gasteiger partial charge in [-0.2, -0.15) is 0 Å². The number of esters is 1. The van der Waals surface area contributed by atoms with Crippen molar-refractivity contribution in [3.8, 4) is 5.75 Å². The average molecular weight is 543 g/mol. The molecule has 1 unspecified atom stereocenters. The molecule has 0 radical (unpaired) electrons. The Labute approximate surface area is 237 Å². The summed E-state index contributed by atoms with van der Waals surface area (Å²) in [5, 5.41) is 0. The number of benzene rings is 1. The summed E-state index contributed by atoms with van der Waals surface area (Å²) >= 11 is 0. The molecule has 3 saturated carbocycles. The van der Waals surface area contributed by atoms with E-state index in [9.17, 15) is 9.59 Å². The third-order valence-corrected chi connectivity index (χ3v) is 10.6. The number of fused-ring (bicyclic) bond motifs is 5. The smallest absolute Gasteiger partial charge is 0.302 e. The van der Waals surface area contributed by atoms with Crippen molar-refractivity contribution in [3.05, 3.63) is 65.8 Å². The van der Waals surface area contributed by atoms with Crippen LogP contribution < -0.4 is 4.74 Å². The Bertz CT molecular complexity index is 1330. The number of rotatable bonds is 7. The SMILES string of the molecule is CC(=O)OC1CC[C@@]2(C)C(=CC[C@@H]3[C@H]2CC[C@]2(C)C(=O)C(=Cc4cccc(OCCCn5ccnc5)c4)C[C@@H]32)C1. The van der Waals surface area contributed by atoms with Crippen LogP contribution in [0, 0.1) is 28.6 Å². The molecule has 0 saturated heterocycles. The summed E-state index contributed by atoms with van der Waals surface area (Å²) in [5.41, 5.74) is 3.38. The molecule has 212 valence electrons. The molecule has 3 fully saturated rings. The first kappa shape index (κ1) is 27.0. The fraction of sp³-hybridized carbons (Fsp3) is 0.559. The highest BCUT2D eigenvalue weighted by Crippen LogP contribution is 2.64. The zero-order valence-electron chi connectivity index (χ0n) is 24.1. The summed E-state index contributed by atoms with van der Waals surface area (Å²) in [4.78, 5) is 29.5. The zero-order chi connectivity index (χ0) is 27.9. The van der Waals surface area contributed by atoms with E-state index in [4.69, 9.17) is 9.47 Å². The number of hydrogen-bond acceptors (Lipinski definition) is 5. The molecular formula is C34H42N2O4. The van der Waals surface area contributed by atoms with Crippen molar-refractivity contribution in [3.63, 3.8) is 0 Å². The van der Waals surface area contributed by atoms with Crippen molar-refractivity contribution in [2.24, 2.45) is 28.6 Å². The van der Waals surface area contributed by atoms with Crippen LogP contribution in [0.1, 0.15) is 77.7 Å². The number of imidazole rings is 1. The Morgan fingerprint density at radius 1 is 1.15 bits per heavy atom. The van der Waals surface area contributed by atoms with Crippen molar-refractivity contribution in [2.75, 3.05) is 6.61 Å². The van der Waals surface area contributed by atoms with E-state index in [-0.39, 0.29) is 22.9 Å². The van der Waals surface area contributed by atoms with Crippen molar-refractivity contribution in [2.45, 2.75) is 84.8 Å². The molecule has 0 aliphatic heterocycles. The Kier molecular flexibility index (Phi) is 7.22. The molecule has 0 bridgehead atoms. The summed E-state index contributed by atoms with van der Waals surface area (Å²) in [6.07, 6.45) is 17.9. The van der Waals surface area contributed by atoms with Crippen molar-refractivity contribution < 1.29 is 19.1 Å². The molecule has 6 atom stereocenters. The van der Waals surface area contributed by atoms with Crippen LogP contribution >= 0.6 is 0 Å². The maximum atomic E-state index is 13.9. The van der Waals surface area contributed by atoms with Crippen LogP contribution in [-0.4, -0.2) is 34.0 Å². The Hall–Kier alpha value is -3.15. The second-order valence-electron chi connectivity index (χ2n) is 13.0. The molecule has 4 aliphatic rings. The van der Waals surface area contributed by atoms with E-state index in [1.165, 1.54) is 12.5 Å². The van der Waals surface area contributed by atoms with Crippen LogP contribution in [0.5, 0.6) is 5.75 Å². The zero-order valence-corrected chi connectivity index (χ0v) is 24.1. The van der Waals surface area contributed by atoms with Gasteiger partial charge in [0, 0.05) is 37.7 Å². The van der Waals surface area contributed by atoms with E-state index < -0.39 is 0 Å². The average Bonchev–Trinajstić information content (AvgIpc) is 3.53. The van der Waals surface area contributed by atoms with Gasteiger partial charge in [-0.05, 0) is 97.5 Å². The third-order valence-electron chi connectivity index (χ3n) is 10.6. The predicted octanol–water partition coefficient (Wildman–Crippen LogP) is 6.81. The lowest BCUT2D eigenvalue weighted by atomic mass is 9.48. The number of ether oxygens (including phenoxy) is 2. The lowest BCUT2D eigenvalue weighted by Crippen LogP contribution is -2.50. The number of aromatic nitrogens is 2. The molecule has 40 heavy (non-hydrogen) atoms. The summed E-state index contributed by atoms with van der Waals surface area (Å²) in [5.74, 6) is 2.52. The summed E-state index contributed by atoms with van der Waals surface area (Å²) < 4.78 is 13.7. The topological polar surface area (TPSA) is 70.4 Å². The van der Waals surface area contributed by atoms with Gasteiger partial charge in [0.2, 0.25) is 0 Å². The van der Waals surface area contributed by atoms with E-state index in [0.717, 1.165) is 74.8 Å². The lowest BCUT2D eigenvalue weighted by molar-refractivity contribution is -0.148. The maximum Gasteiger partial charge on any atom is 0.302 e. The largest absolute Gasteiger partial charge is 0.494 e. The molecule has 0 amide bonds. The number of Topliss-reactive ketones (excluding diaryl/α,β-unsaturated/α-hetero) is 1. The molecule has 1 aromatic heterocycles. The number of aryl methyl sites for hydroxylation is 1. The van der Waals surface area contributed by atoms with Crippen molar-refractivity contribution >= 4 is 17.8 Å². The summed E-state index contributed by atoms with van der Waals surface area (Å²) in [6.45, 7) is 7.70. The number of hydrogen-bond donors (Lipinski definition) is 0. The highest BCUT2D eigenvalue weighted by Gasteiger charge is 2.60. The van der Waals surface area contributed by atoms with Gasteiger partial charge in [0.25, 0.3) is 0 Å². The van der Waals surface area contributed by atoms with Gasteiger partial charge in [-0.1, -0.05) is 37.6 Å². The highest BCUT2D eigenvalue weighted by molar-refractivity contribution is 6.06. The van der Waals surface area contributed by atoms with E-state index in [1.54, 1.807) is 6.20 Å². The number of allylic oxidation sites excluding steroid dienone is 2. The lowest BCUT2D eigenvalue weighted by Gasteiger charge is -2.56. The van der Waals surface area contributed by atoms with Gasteiger partial charge in [0.1, 0.15) is 11.9 Å². The Morgan fingerprint density at radius 3 is 2.80 bits per heavy atom. The molecule has 0 spiro atoms. The first-order valence-electron chi connectivity index (χ1n) is 15.1. The first-order chi connectivity index (χ1) is 19.3. The third kappa shape index (κ3) is 4.95. The molecule has 2 aromatic rings. The van der Waals surface area contributed by atoms with Gasteiger partial charge in [0.05, 0.1) is 12.9 Å². The van der Waals surface area contributed by atoms with E-state index >= 15 is 0 Å². The van der Waals surface area contributed by atoms with Gasteiger partial charge in [-0.25, -0.2) is 4.98 Å². The number of carbonyl (C=O) groups excluding carboxylic acids is 2. The van der Waals surface area contributed by atoms with Gasteiger partial charge >= 0.3 is 5.97 Å². The van der Waals surface area contributed by atoms with Gasteiger partial charge < -0.3 is 14.0 Å². The molecule has 6 heteroatoms. The van der Waals surface area contributed by atoms with Crippen LogP contribution in [0.15, 0.2) is 60.2 Å². The van der Waals surface area contributed by atoms with Crippen LogP contribution in [0.25, 0.3) is 6.08 Å². The highest BCUT2D eigenvalue weighted by atomic mass is 16.5. The van der Waals surface area contributed by atoms with Gasteiger partial charge in [-0.15, -0.1) is 0 Å². The number of ketones is 1. The maximum absolute atomic E-state index is 13.9. The Balaban J connectivity index is 1.15. The summed E-state index contributed by atoms with van der Waals surface area (Å²) in [6, 6.07) is 8.14. The first-order valence-corrected chi connectivity index (χ1v) is 15.1. The standard InChI is InChI=1S/C34H42N2O4/c1-23(37)40-28-10-12-33(2)26(21-28)8-9-29-30(33)11-13-34(3)31(29)20-25(32(34)38)18-24-6-4-7-27(19-24)39-17-5-15-36-16-14-35-22-36/h4,6-8,14,16,18-19,22,28-31H,5,9-13,15,17,20-21H2,1-3H3/t28?,29-,30-,31+,33+,34+/m1/s1. The fourth-order valence-electron chi connectivity index (χ4n) is 8.51.